The average Bonchev–Trinajstić information content (AvgIpc) is 2.99. The fourth-order valence-electron chi connectivity index (χ4n) is 5.40. The zero-order valence-corrected chi connectivity index (χ0v) is 25.0. The van der Waals surface area contributed by atoms with Gasteiger partial charge >= 0.3 is 12.4 Å². The maximum atomic E-state index is 13.4. The Morgan fingerprint density at radius 3 is 2.14 bits per heavy atom. The van der Waals surface area contributed by atoms with Crippen molar-refractivity contribution in [3.8, 4) is 0 Å². The summed E-state index contributed by atoms with van der Waals surface area (Å²) in [6.07, 6.45) is -5.54. The Bertz CT molecular complexity index is 1170. The molecule has 244 valence electrons. The minimum atomic E-state index is -4.98. The largest absolute Gasteiger partial charge is 0.416 e. The van der Waals surface area contributed by atoms with Gasteiger partial charge in [-0.15, -0.1) is 0 Å². The number of unbranched alkanes of at least 4 members (excludes halogenated alkanes) is 3. The highest BCUT2D eigenvalue weighted by atomic mass is 19.4. The number of Topliss-reactive ketones (excluding diaryl/α,β-unsaturated/α-hetero) is 1. The smallest absolute Gasteiger partial charge is 0.358 e. The summed E-state index contributed by atoms with van der Waals surface area (Å²) in [5, 5.41) is 2.69. The number of nitrogens with zero attached hydrogens (tertiary/aromatic N) is 1. The van der Waals surface area contributed by atoms with Gasteiger partial charge in [-0.2, -0.15) is 26.3 Å². The van der Waals surface area contributed by atoms with Crippen molar-refractivity contribution in [2.45, 2.75) is 95.6 Å². The Balaban J connectivity index is 1.82. The van der Waals surface area contributed by atoms with Crippen molar-refractivity contribution in [2.75, 3.05) is 20.2 Å². The van der Waals surface area contributed by atoms with Crippen molar-refractivity contribution < 1.29 is 45.4 Å². The monoisotopic (exact) mass is 630 g/mol. The van der Waals surface area contributed by atoms with E-state index in [0.717, 1.165) is 19.3 Å². The minimum Gasteiger partial charge on any atom is -0.358 e. The Kier molecular flexibility index (Phi) is 13.2. The first-order valence-electron chi connectivity index (χ1n) is 14.9. The third-order valence-corrected chi connectivity index (χ3v) is 7.64. The number of benzene rings is 2. The Labute approximate surface area is 254 Å². The molecule has 2 aromatic rings. The number of ether oxygens (including phenoxy) is 2. The summed E-state index contributed by atoms with van der Waals surface area (Å²) in [6, 6.07) is 8.95. The van der Waals surface area contributed by atoms with E-state index in [1.807, 2.05) is 4.90 Å². The number of nitrogens with one attached hydrogen (secondary N) is 1. The molecule has 3 rings (SSSR count). The molecule has 0 aromatic heterocycles. The van der Waals surface area contributed by atoms with Gasteiger partial charge in [-0.1, -0.05) is 56.5 Å². The first-order chi connectivity index (χ1) is 20.8. The molecule has 1 aliphatic rings. The summed E-state index contributed by atoms with van der Waals surface area (Å²) >= 11 is 0. The quantitative estimate of drug-likeness (QED) is 0.163. The van der Waals surface area contributed by atoms with E-state index < -0.39 is 48.5 Å². The van der Waals surface area contributed by atoms with Gasteiger partial charge in [0.25, 0.3) is 0 Å². The number of likely N-dealkylation sites (N-methyl/N-ethyl adjacent to an activating group) is 1. The summed E-state index contributed by atoms with van der Waals surface area (Å²) < 4.78 is 92.2. The molecule has 1 amide bonds. The zero-order chi connectivity index (χ0) is 32.3. The molecule has 3 atom stereocenters. The molecule has 1 heterocycles. The SMILES string of the molecule is CCCCCC(=O)CCCCC(C(=O)NC)N1CCO[C@H](OCc2cc(C(F)(F)F)cc(C(F)(F)F)c2)[C@H]1c1ccccc1. The molecule has 0 spiro atoms. The van der Waals surface area contributed by atoms with E-state index in [1.54, 1.807) is 30.3 Å². The van der Waals surface area contributed by atoms with Crippen LogP contribution in [0.3, 0.4) is 0 Å². The molecule has 6 nitrogen and oxygen atoms in total. The fourth-order valence-corrected chi connectivity index (χ4v) is 5.40. The average molecular weight is 631 g/mol. The second-order valence-corrected chi connectivity index (χ2v) is 10.9. The summed E-state index contributed by atoms with van der Waals surface area (Å²) in [7, 11) is 1.52. The van der Waals surface area contributed by atoms with Gasteiger partial charge in [0.1, 0.15) is 5.78 Å². The molecule has 0 bridgehead atoms. The molecule has 0 saturated carbocycles. The minimum absolute atomic E-state index is 0.0713. The summed E-state index contributed by atoms with van der Waals surface area (Å²) in [4.78, 5) is 27.3. The van der Waals surface area contributed by atoms with Gasteiger partial charge in [0.15, 0.2) is 6.29 Å². The number of carbonyl (C=O) groups is 2. The Morgan fingerprint density at radius 2 is 1.57 bits per heavy atom. The van der Waals surface area contributed by atoms with Gasteiger partial charge in [-0.05, 0) is 48.6 Å². The normalized spacial score (nSPS) is 18.6. The lowest BCUT2D eigenvalue weighted by Gasteiger charge is -2.44. The van der Waals surface area contributed by atoms with Gasteiger partial charge < -0.3 is 14.8 Å². The van der Waals surface area contributed by atoms with E-state index >= 15 is 0 Å². The maximum Gasteiger partial charge on any atom is 0.416 e. The lowest BCUT2D eigenvalue weighted by atomic mass is 9.97. The number of amides is 1. The number of halogens is 6. The molecule has 1 saturated heterocycles. The molecular formula is C32H40F6N2O4. The van der Waals surface area contributed by atoms with Crippen LogP contribution in [0, 0.1) is 0 Å². The molecule has 1 aliphatic heterocycles. The predicted octanol–water partition coefficient (Wildman–Crippen LogP) is 7.46. The van der Waals surface area contributed by atoms with Crippen LogP contribution in [0.15, 0.2) is 48.5 Å². The number of morpholine rings is 1. The van der Waals surface area contributed by atoms with Crippen LogP contribution in [0.2, 0.25) is 0 Å². The molecule has 12 heteroatoms. The summed E-state index contributed by atoms with van der Waals surface area (Å²) in [6.45, 7) is 1.94. The Hall–Kier alpha value is -2.96. The molecule has 44 heavy (non-hydrogen) atoms. The summed E-state index contributed by atoms with van der Waals surface area (Å²) in [5.74, 6) is -0.0613. The molecular weight excluding hydrogens is 590 g/mol. The van der Waals surface area contributed by atoms with Crippen LogP contribution >= 0.6 is 0 Å². The van der Waals surface area contributed by atoms with Crippen LogP contribution in [-0.2, 0) is 38.0 Å². The molecule has 0 aliphatic carbocycles. The van der Waals surface area contributed by atoms with Crippen molar-refractivity contribution in [3.05, 3.63) is 70.8 Å². The Morgan fingerprint density at radius 1 is 0.955 bits per heavy atom. The van der Waals surface area contributed by atoms with Crippen molar-refractivity contribution in [3.63, 3.8) is 0 Å². The van der Waals surface area contributed by atoms with Crippen LogP contribution in [0.5, 0.6) is 0 Å². The molecule has 1 fully saturated rings. The van der Waals surface area contributed by atoms with Crippen molar-refractivity contribution >= 4 is 11.7 Å². The summed E-state index contributed by atoms with van der Waals surface area (Å²) in [5.41, 5.74) is -2.47. The third kappa shape index (κ3) is 10.3. The van der Waals surface area contributed by atoms with Crippen molar-refractivity contribution in [2.24, 2.45) is 0 Å². The van der Waals surface area contributed by atoms with Gasteiger partial charge in [-0.25, -0.2) is 0 Å². The number of alkyl halides is 6. The third-order valence-electron chi connectivity index (χ3n) is 7.64. The van der Waals surface area contributed by atoms with Crippen molar-refractivity contribution in [1.82, 2.24) is 10.2 Å². The zero-order valence-electron chi connectivity index (χ0n) is 25.0. The highest BCUT2D eigenvalue weighted by Gasteiger charge is 2.41. The lowest BCUT2D eigenvalue weighted by Crippen LogP contribution is -2.55. The van der Waals surface area contributed by atoms with Gasteiger partial charge in [0.2, 0.25) is 5.91 Å². The topological polar surface area (TPSA) is 67.9 Å². The predicted molar refractivity (Wildman–Crippen MR) is 152 cm³/mol. The van der Waals surface area contributed by atoms with E-state index in [9.17, 15) is 35.9 Å². The molecule has 1 unspecified atom stereocenters. The molecule has 1 N–H and O–H groups in total. The highest BCUT2D eigenvalue weighted by Crippen LogP contribution is 2.38. The van der Waals surface area contributed by atoms with Gasteiger partial charge in [0, 0.05) is 26.4 Å². The number of rotatable bonds is 15. The molecule has 0 radical (unpaired) electrons. The standard InChI is InChI=1S/C32H40F6N2O4/c1-3-4-6-13-26(41)14-9-10-15-27(29(42)39-2)40-16-17-43-30(28(40)23-11-7-5-8-12-23)44-21-22-18-24(31(33,34)35)20-25(19-22)32(36,37)38/h5,7-8,11-12,18-20,27-28,30H,3-4,6,9-10,13-17,21H2,1-2H3,(H,39,42)/t27?,28-,30-/m1/s1. The fraction of sp³-hybridized carbons (Fsp3) is 0.562. The van der Waals surface area contributed by atoms with E-state index in [2.05, 4.69) is 12.2 Å². The van der Waals surface area contributed by atoms with E-state index in [-0.39, 0.29) is 29.9 Å². The first-order valence-corrected chi connectivity index (χ1v) is 14.9. The van der Waals surface area contributed by atoms with Crippen LogP contribution in [-0.4, -0.2) is 49.1 Å². The van der Waals surface area contributed by atoms with Crippen LogP contribution < -0.4 is 5.32 Å². The van der Waals surface area contributed by atoms with Gasteiger partial charge in [0.05, 0.1) is 36.4 Å². The lowest BCUT2D eigenvalue weighted by molar-refractivity contribution is -0.222. The van der Waals surface area contributed by atoms with Crippen LogP contribution in [0.25, 0.3) is 0 Å². The van der Waals surface area contributed by atoms with E-state index in [0.29, 0.717) is 56.3 Å². The van der Waals surface area contributed by atoms with E-state index in [1.165, 1.54) is 7.05 Å². The molecule has 2 aromatic carbocycles. The van der Waals surface area contributed by atoms with Gasteiger partial charge in [-0.3, -0.25) is 14.5 Å². The number of hydrogen-bond acceptors (Lipinski definition) is 5. The number of carbonyl (C=O) groups excluding carboxylic acids is 2. The second-order valence-electron chi connectivity index (χ2n) is 10.9. The first kappa shape index (κ1) is 35.5. The second kappa shape index (κ2) is 16.4. The van der Waals surface area contributed by atoms with E-state index in [4.69, 9.17) is 9.47 Å². The highest BCUT2D eigenvalue weighted by molar-refractivity contribution is 5.81. The maximum absolute atomic E-state index is 13.4. The van der Waals surface area contributed by atoms with Crippen LogP contribution in [0.4, 0.5) is 26.3 Å². The number of hydrogen-bond donors (Lipinski definition) is 1. The number of ketones is 1. The van der Waals surface area contributed by atoms with Crippen molar-refractivity contribution in [1.29, 1.82) is 0 Å². The van der Waals surface area contributed by atoms with Crippen LogP contribution in [0.1, 0.15) is 86.6 Å².